The fourth-order valence-corrected chi connectivity index (χ4v) is 4.07. The Morgan fingerprint density at radius 3 is 2.29 bits per heavy atom. The molecule has 0 saturated carbocycles. The first kappa shape index (κ1) is 26.1. The van der Waals surface area contributed by atoms with Gasteiger partial charge in [0.15, 0.2) is 0 Å². The highest BCUT2D eigenvalue weighted by Crippen LogP contribution is 2.22. The summed E-state index contributed by atoms with van der Waals surface area (Å²) in [6, 6.07) is 22.5. The summed E-state index contributed by atoms with van der Waals surface area (Å²) in [5.74, 6) is -0.599. The number of nitrogens with one attached hydrogen (secondary N) is 1. The third kappa shape index (κ3) is 7.48. The first-order valence-electron chi connectivity index (χ1n) is 11.5. The molecule has 7 nitrogen and oxygen atoms in total. The van der Waals surface area contributed by atoms with E-state index in [4.69, 9.17) is 0 Å². The van der Waals surface area contributed by atoms with Crippen LogP contribution in [-0.2, 0) is 29.0 Å². The van der Waals surface area contributed by atoms with E-state index in [0.717, 1.165) is 22.0 Å². The maximum absolute atomic E-state index is 13.7. The molecular formula is C27H28BrN3O4. The normalized spacial score (nSPS) is 11.5. The van der Waals surface area contributed by atoms with Crippen molar-refractivity contribution in [1.29, 1.82) is 0 Å². The average molecular weight is 538 g/mol. The minimum atomic E-state index is -0.775. The molecule has 0 heterocycles. The molecule has 8 heteroatoms. The number of amides is 2. The molecule has 1 N–H and O–H groups in total. The number of para-hydroxylation sites is 1. The van der Waals surface area contributed by atoms with Gasteiger partial charge in [0.2, 0.25) is 11.8 Å². The van der Waals surface area contributed by atoms with Crippen LogP contribution in [0.5, 0.6) is 0 Å². The van der Waals surface area contributed by atoms with Gasteiger partial charge in [0.1, 0.15) is 6.04 Å². The zero-order valence-electron chi connectivity index (χ0n) is 19.5. The van der Waals surface area contributed by atoms with Crippen LogP contribution >= 0.6 is 15.9 Å². The number of nitro groups is 1. The summed E-state index contributed by atoms with van der Waals surface area (Å²) >= 11 is 3.42. The van der Waals surface area contributed by atoms with Crippen molar-refractivity contribution in [3.8, 4) is 0 Å². The molecule has 0 aliphatic rings. The number of carbonyl (C=O) groups excluding carboxylic acids is 2. The molecule has 0 spiro atoms. The number of carbonyl (C=O) groups is 2. The monoisotopic (exact) mass is 537 g/mol. The van der Waals surface area contributed by atoms with E-state index in [9.17, 15) is 19.7 Å². The summed E-state index contributed by atoms with van der Waals surface area (Å²) in [7, 11) is 0. The predicted molar refractivity (Wildman–Crippen MR) is 139 cm³/mol. The van der Waals surface area contributed by atoms with E-state index in [1.807, 2.05) is 61.5 Å². The van der Waals surface area contributed by atoms with Crippen molar-refractivity contribution in [1.82, 2.24) is 10.2 Å². The Balaban J connectivity index is 1.99. The smallest absolute Gasteiger partial charge is 0.273 e. The van der Waals surface area contributed by atoms with Crippen molar-refractivity contribution in [2.45, 2.75) is 38.8 Å². The van der Waals surface area contributed by atoms with Crippen molar-refractivity contribution in [2.75, 3.05) is 6.54 Å². The lowest BCUT2D eigenvalue weighted by molar-refractivity contribution is -0.385. The summed E-state index contributed by atoms with van der Waals surface area (Å²) in [5.41, 5.74) is 1.98. The van der Waals surface area contributed by atoms with Crippen molar-refractivity contribution in [3.63, 3.8) is 0 Å². The molecule has 182 valence electrons. The van der Waals surface area contributed by atoms with Gasteiger partial charge >= 0.3 is 0 Å². The molecule has 3 aromatic rings. The van der Waals surface area contributed by atoms with Crippen LogP contribution in [0.2, 0.25) is 0 Å². The number of hydrogen-bond acceptors (Lipinski definition) is 4. The SMILES string of the molecule is CCCNC(=O)[C@H](Cc1ccccc1)N(Cc1ccc(Br)cc1)C(=O)Cc1ccccc1[N+](=O)[O-]. The molecule has 0 bridgehead atoms. The minimum absolute atomic E-state index is 0.112. The third-order valence-corrected chi connectivity index (χ3v) is 6.15. The Morgan fingerprint density at radius 1 is 0.971 bits per heavy atom. The Labute approximate surface area is 213 Å². The second-order valence-electron chi connectivity index (χ2n) is 8.21. The van der Waals surface area contributed by atoms with Gasteiger partial charge in [-0.2, -0.15) is 0 Å². The molecule has 0 aliphatic heterocycles. The first-order chi connectivity index (χ1) is 16.9. The third-order valence-electron chi connectivity index (χ3n) is 5.62. The molecule has 0 aliphatic carbocycles. The zero-order chi connectivity index (χ0) is 25.2. The van der Waals surface area contributed by atoms with E-state index in [2.05, 4.69) is 21.2 Å². The van der Waals surface area contributed by atoms with Crippen LogP contribution in [0.4, 0.5) is 5.69 Å². The highest BCUT2D eigenvalue weighted by atomic mass is 79.9. The van der Waals surface area contributed by atoms with Crippen molar-refractivity contribution >= 4 is 33.4 Å². The van der Waals surface area contributed by atoms with Crippen LogP contribution in [0.1, 0.15) is 30.0 Å². The largest absolute Gasteiger partial charge is 0.354 e. The van der Waals surface area contributed by atoms with Crippen molar-refractivity contribution < 1.29 is 14.5 Å². The molecule has 3 aromatic carbocycles. The average Bonchev–Trinajstić information content (AvgIpc) is 2.86. The second-order valence-corrected chi connectivity index (χ2v) is 9.12. The van der Waals surface area contributed by atoms with Gasteiger partial charge in [-0.1, -0.05) is 83.5 Å². The molecule has 2 amide bonds. The molecule has 1 atom stereocenters. The summed E-state index contributed by atoms with van der Waals surface area (Å²) in [4.78, 5) is 39.5. The number of nitro benzene ring substituents is 1. The van der Waals surface area contributed by atoms with Crippen molar-refractivity contribution in [2.24, 2.45) is 0 Å². The van der Waals surface area contributed by atoms with Gasteiger partial charge in [0, 0.05) is 35.6 Å². The molecular weight excluding hydrogens is 510 g/mol. The summed E-state index contributed by atoms with van der Waals surface area (Å²) in [5, 5.41) is 14.4. The number of rotatable bonds is 11. The Hall–Kier alpha value is -3.52. The second kappa shape index (κ2) is 12.8. The molecule has 0 aromatic heterocycles. The van der Waals surface area contributed by atoms with Gasteiger partial charge in [-0.3, -0.25) is 19.7 Å². The summed E-state index contributed by atoms with van der Waals surface area (Å²) < 4.78 is 0.903. The molecule has 0 unspecified atom stereocenters. The zero-order valence-corrected chi connectivity index (χ0v) is 21.1. The Bertz CT molecular complexity index is 1150. The van der Waals surface area contributed by atoms with Gasteiger partial charge < -0.3 is 10.2 Å². The molecule has 35 heavy (non-hydrogen) atoms. The predicted octanol–water partition coefficient (Wildman–Crippen LogP) is 5.07. The lowest BCUT2D eigenvalue weighted by Gasteiger charge is -2.31. The maximum atomic E-state index is 13.7. The van der Waals surface area contributed by atoms with Gasteiger partial charge in [-0.25, -0.2) is 0 Å². The van der Waals surface area contributed by atoms with E-state index in [1.165, 1.54) is 11.0 Å². The van der Waals surface area contributed by atoms with Gasteiger partial charge in [0.25, 0.3) is 5.69 Å². The fourth-order valence-electron chi connectivity index (χ4n) is 3.81. The number of hydrogen-bond donors (Lipinski definition) is 1. The quantitative estimate of drug-likeness (QED) is 0.273. The van der Waals surface area contributed by atoms with Gasteiger partial charge in [-0.15, -0.1) is 0 Å². The lowest BCUT2D eigenvalue weighted by atomic mass is 10.0. The summed E-state index contributed by atoms with van der Waals surface area (Å²) in [6.07, 6.45) is 0.913. The first-order valence-corrected chi connectivity index (χ1v) is 12.3. The Kier molecular flexibility index (Phi) is 9.55. The van der Waals surface area contributed by atoms with E-state index in [1.54, 1.807) is 18.2 Å². The summed E-state index contributed by atoms with van der Waals surface area (Å²) in [6.45, 7) is 2.66. The van der Waals surface area contributed by atoms with Crippen LogP contribution in [0, 0.1) is 10.1 Å². The van der Waals surface area contributed by atoms with Gasteiger partial charge in [0.05, 0.1) is 11.3 Å². The topological polar surface area (TPSA) is 92.6 Å². The van der Waals surface area contributed by atoms with Crippen LogP contribution in [-0.4, -0.2) is 34.2 Å². The van der Waals surface area contributed by atoms with Crippen LogP contribution in [0.15, 0.2) is 83.3 Å². The van der Waals surface area contributed by atoms with E-state index in [-0.39, 0.29) is 30.5 Å². The fraction of sp³-hybridized carbons (Fsp3) is 0.259. The molecule has 0 saturated heterocycles. The molecule has 3 rings (SSSR count). The number of nitrogens with zero attached hydrogens (tertiary/aromatic N) is 2. The van der Waals surface area contributed by atoms with Crippen molar-refractivity contribution in [3.05, 3.63) is 110 Å². The highest BCUT2D eigenvalue weighted by Gasteiger charge is 2.31. The van der Waals surface area contributed by atoms with E-state index >= 15 is 0 Å². The minimum Gasteiger partial charge on any atom is -0.354 e. The Morgan fingerprint density at radius 2 is 1.63 bits per heavy atom. The van der Waals surface area contributed by atoms with Crippen LogP contribution in [0.25, 0.3) is 0 Å². The molecule has 0 fully saturated rings. The highest BCUT2D eigenvalue weighted by molar-refractivity contribution is 9.10. The van der Waals surface area contributed by atoms with Crippen LogP contribution < -0.4 is 5.32 Å². The van der Waals surface area contributed by atoms with E-state index < -0.39 is 11.0 Å². The standard InChI is InChI=1S/C27H28BrN3O4/c1-2-16-29-27(33)25(17-20-8-4-3-5-9-20)30(19-21-12-14-23(28)15-13-21)26(32)18-22-10-6-7-11-24(22)31(34)35/h3-15,25H,2,16-19H2,1H3,(H,29,33)/t25-/m0/s1. The van der Waals surface area contributed by atoms with E-state index in [0.29, 0.717) is 18.5 Å². The molecule has 0 radical (unpaired) electrons. The van der Waals surface area contributed by atoms with Crippen LogP contribution in [0.3, 0.4) is 0 Å². The lowest BCUT2D eigenvalue weighted by Crippen LogP contribution is -2.51. The van der Waals surface area contributed by atoms with Gasteiger partial charge in [-0.05, 0) is 29.7 Å². The maximum Gasteiger partial charge on any atom is 0.273 e. The number of benzene rings is 3. The number of halogens is 1.